The first kappa shape index (κ1) is 10.8. The minimum absolute atomic E-state index is 0.442. The van der Waals surface area contributed by atoms with Crippen molar-refractivity contribution in [3.05, 3.63) is 0 Å². The summed E-state index contributed by atoms with van der Waals surface area (Å²) in [7, 11) is -7.80. The molecule has 0 aromatic heterocycles. The smallest absolute Gasteiger partial charge is 0.315 e. The monoisotopic (exact) mass is 203 g/mol. The molecule has 0 bridgehead atoms. The van der Waals surface area contributed by atoms with E-state index in [1.807, 2.05) is 0 Å². The van der Waals surface area contributed by atoms with E-state index in [2.05, 4.69) is 0 Å². The van der Waals surface area contributed by atoms with E-state index in [-0.39, 0.29) is 0 Å². The lowest BCUT2D eigenvalue weighted by molar-refractivity contribution is 0.265. The Morgan fingerprint density at radius 2 is 2.00 bits per heavy atom. The molecule has 6 nitrogen and oxygen atoms in total. The summed E-state index contributed by atoms with van der Waals surface area (Å²) in [4.78, 5) is 0. The number of hydrogen-bond acceptors (Lipinski definition) is 5. The van der Waals surface area contributed by atoms with Gasteiger partial charge in [0.15, 0.2) is 0 Å². The quantitative estimate of drug-likeness (QED) is 0.356. The molecule has 0 radical (unpaired) electrons. The third-order valence-electron chi connectivity index (χ3n) is 0.820. The number of aliphatic hydroxyl groups is 1. The van der Waals surface area contributed by atoms with Gasteiger partial charge in [-0.05, 0) is 6.92 Å². The van der Waals surface area contributed by atoms with E-state index in [1.54, 1.807) is 4.72 Å². The van der Waals surface area contributed by atoms with Crippen LogP contribution in [0.3, 0.4) is 0 Å². The first-order valence-corrected chi connectivity index (χ1v) is 5.94. The molecule has 1 atom stereocenters. The summed E-state index contributed by atoms with van der Waals surface area (Å²) in [5.41, 5.74) is 0. The first-order valence-electron chi connectivity index (χ1n) is 2.68. The fourth-order valence-electron chi connectivity index (χ4n) is 0.335. The van der Waals surface area contributed by atoms with Crippen LogP contribution in [-0.2, 0) is 18.8 Å². The van der Waals surface area contributed by atoms with Gasteiger partial charge in [0.05, 0.1) is 6.61 Å². The van der Waals surface area contributed by atoms with E-state index in [0.717, 1.165) is 0 Å². The van der Waals surface area contributed by atoms with Gasteiger partial charge in [0.1, 0.15) is 0 Å². The molecule has 0 saturated carbocycles. The normalized spacial score (nSPS) is 15.2. The summed E-state index contributed by atoms with van der Waals surface area (Å²) >= 11 is 0. The molecule has 68 valence electrons. The molecule has 0 aliphatic heterocycles. The number of nitrogens with one attached hydrogen (secondary N) is 1. The Labute approximate surface area is 65.6 Å². The van der Waals surface area contributed by atoms with Crippen LogP contribution in [0, 0.1) is 0 Å². The highest BCUT2D eigenvalue weighted by atomic mass is 33.2. The van der Waals surface area contributed by atoms with Crippen LogP contribution in [0.2, 0.25) is 0 Å². The molecular weight excluding hydrogens is 194 g/mol. The van der Waals surface area contributed by atoms with Crippen molar-refractivity contribution in [1.82, 2.24) is 4.72 Å². The molecule has 0 aliphatic rings. The maximum absolute atomic E-state index is 10.5. The van der Waals surface area contributed by atoms with E-state index in [9.17, 15) is 16.8 Å². The molecule has 0 amide bonds. The maximum atomic E-state index is 10.5. The molecule has 0 aromatic rings. The second kappa shape index (κ2) is 4.00. The first-order chi connectivity index (χ1) is 4.90. The van der Waals surface area contributed by atoms with E-state index >= 15 is 0 Å². The zero-order chi connectivity index (χ0) is 9.07. The Morgan fingerprint density at radius 3 is 2.27 bits per heavy atom. The van der Waals surface area contributed by atoms with Crippen molar-refractivity contribution >= 4 is 18.8 Å². The van der Waals surface area contributed by atoms with Gasteiger partial charge < -0.3 is 5.11 Å². The van der Waals surface area contributed by atoms with E-state index < -0.39 is 31.4 Å². The predicted octanol–water partition coefficient (Wildman–Crippen LogP) is -2.19. The summed E-state index contributed by atoms with van der Waals surface area (Å²) in [5.74, 6) is 0. The van der Waals surface area contributed by atoms with Gasteiger partial charge in [-0.1, -0.05) is 0 Å². The predicted molar refractivity (Wildman–Crippen MR) is 38.9 cm³/mol. The number of hydrogen-bond donors (Lipinski definition) is 3. The van der Waals surface area contributed by atoms with Crippen LogP contribution < -0.4 is 4.72 Å². The van der Waals surface area contributed by atoms with Crippen LogP contribution in [-0.4, -0.2) is 34.6 Å². The van der Waals surface area contributed by atoms with E-state index in [0.29, 0.717) is 0 Å². The van der Waals surface area contributed by atoms with Crippen LogP contribution in [0.1, 0.15) is 6.92 Å². The lowest BCUT2D eigenvalue weighted by Gasteiger charge is -2.05. The Kier molecular flexibility index (Phi) is 3.93. The summed E-state index contributed by atoms with van der Waals surface area (Å²) in [6, 6.07) is -0.784. The zero-order valence-corrected chi connectivity index (χ0v) is 7.43. The highest BCUT2D eigenvalue weighted by Gasteiger charge is 2.15. The molecule has 0 rings (SSSR count). The van der Waals surface area contributed by atoms with Crippen molar-refractivity contribution in [1.29, 1.82) is 0 Å². The van der Waals surface area contributed by atoms with Crippen LogP contribution in [0.4, 0.5) is 0 Å². The third kappa shape index (κ3) is 3.65. The molecule has 0 fully saturated rings. The third-order valence-corrected chi connectivity index (χ3v) is 3.41. The average molecular weight is 203 g/mol. The second-order valence-electron chi connectivity index (χ2n) is 1.90. The Bertz CT molecular complexity index is 270. The van der Waals surface area contributed by atoms with Crippen LogP contribution in [0.25, 0.3) is 0 Å². The fourth-order valence-corrected chi connectivity index (χ4v) is 1.80. The van der Waals surface area contributed by atoms with Gasteiger partial charge in [0.2, 0.25) is 0 Å². The fraction of sp³-hybridized carbons (Fsp3) is 1.00. The maximum Gasteiger partial charge on any atom is 0.315 e. The van der Waals surface area contributed by atoms with Gasteiger partial charge >= 0.3 is 9.06 Å². The molecule has 0 spiro atoms. The molecule has 0 heterocycles. The molecule has 2 N–H and O–H groups in total. The van der Waals surface area contributed by atoms with Gasteiger partial charge in [-0.15, -0.1) is 0 Å². The molecule has 0 saturated heterocycles. The summed E-state index contributed by atoms with van der Waals surface area (Å²) < 4.78 is 42.6. The van der Waals surface area contributed by atoms with Gasteiger partial charge in [0, 0.05) is 6.04 Å². The van der Waals surface area contributed by atoms with Crippen LogP contribution in [0.5, 0.6) is 0 Å². The minimum Gasteiger partial charge on any atom is -0.395 e. The van der Waals surface area contributed by atoms with E-state index in [1.165, 1.54) is 6.92 Å². The highest BCUT2D eigenvalue weighted by molar-refractivity contribution is 8.58. The lowest BCUT2D eigenvalue weighted by Crippen LogP contribution is -2.35. The Balaban J connectivity index is 4.39. The molecule has 1 unspecified atom stereocenters. The number of rotatable bonds is 4. The van der Waals surface area contributed by atoms with Gasteiger partial charge in [-0.2, -0.15) is 13.1 Å². The van der Waals surface area contributed by atoms with Crippen LogP contribution >= 0.6 is 0 Å². The van der Waals surface area contributed by atoms with Crippen molar-refractivity contribution in [2.24, 2.45) is 0 Å². The second-order valence-corrected chi connectivity index (χ2v) is 5.87. The van der Waals surface area contributed by atoms with Crippen LogP contribution in [0.15, 0.2) is 0 Å². The summed E-state index contributed by atoms with van der Waals surface area (Å²) in [6.07, 6.45) is 0. The van der Waals surface area contributed by atoms with Crippen molar-refractivity contribution in [2.45, 2.75) is 13.0 Å². The summed E-state index contributed by atoms with van der Waals surface area (Å²) in [5, 5.41) is 8.36. The van der Waals surface area contributed by atoms with Gasteiger partial charge in [0.25, 0.3) is 9.74 Å². The SMILES string of the molecule is CC(CO)NS(=O)(=O)[SH](=O)=O. The Hall–Kier alpha value is -0.180. The molecule has 0 aromatic carbocycles. The standard InChI is InChI=1S/C3H9NO5S2/c1-3(2-5)4-11(8,9)10(6)7/h3-5,10H,2H2,1H3. The van der Waals surface area contributed by atoms with Crippen molar-refractivity contribution in [3.8, 4) is 0 Å². The summed E-state index contributed by atoms with van der Waals surface area (Å²) in [6.45, 7) is 0.902. The average Bonchev–Trinajstić information content (AvgIpc) is 1.86. The molecular formula is C3H9NO5S2. The zero-order valence-electron chi connectivity index (χ0n) is 5.72. The van der Waals surface area contributed by atoms with Crippen molar-refractivity contribution in [3.63, 3.8) is 0 Å². The minimum atomic E-state index is -4.27. The van der Waals surface area contributed by atoms with Gasteiger partial charge in [-0.25, -0.2) is 8.42 Å². The highest BCUT2D eigenvalue weighted by Crippen LogP contribution is 1.87. The van der Waals surface area contributed by atoms with Crippen molar-refractivity contribution in [2.75, 3.05) is 6.61 Å². The van der Waals surface area contributed by atoms with Gasteiger partial charge in [-0.3, -0.25) is 0 Å². The largest absolute Gasteiger partial charge is 0.395 e. The molecule has 0 aliphatic carbocycles. The number of aliphatic hydroxyl groups excluding tert-OH is 1. The van der Waals surface area contributed by atoms with E-state index in [4.69, 9.17) is 5.11 Å². The number of thiol groups is 1. The Morgan fingerprint density at radius 1 is 1.55 bits per heavy atom. The lowest BCUT2D eigenvalue weighted by atomic mass is 10.4. The molecule has 11 heavy (non-hydrogen) atoms. The van der Waals surface area contributed by atoms with Crippen molar-refractivity contribution < 1.29 is 21.9 Å². The topological polar surface area (TPSA) is 101 Å². The molecule has 8 heteroatoms.